The highest BCUT2D eigenvalue weighted by Gasteiger charge is 2.52. The molecule has 1 aliphatic heterocycles. The average Bonchev–Trinajstić information content (AvgIpc) is 2.69. The molecule has 0 aromatic heterocycles. The molecule has 3 nitrogen and oxygen atoms in total. The monoisotopic (exact) mass is 450 g/mol. The lowest BCUT2D eigenvalue weighted by Gasteiger charge is -2.38. The van der Waals surface area contributed by atoms with Crippen molar-refractivity contribution < 1.29 is 31.4 Å². The minimum absolute atomic E-state index is 0.0127. The lowest BCUT2D eigenvalue weighted by atomic mass is 9.74. The van der Waals surface area contributed by atoms with Gasteiger partial charge in [0.15, 0.2) is 0 Å². The van der Waals surface area contributed by atoms with Crippen LogP contribution in [-0.2, 0) is 6.18 Å². The molecule has 1 aliphatic rings. The number of hydrogen-bond donors (Lipinski definition) is 2. The number of aliphatic hydroxyl groups excluding tert-OH is 1. The van der Waals surface area contributed by atoms with Crippen LogP contribution in [0.4, 0.5) is 26.3 Å². The minimum atomic E-state index is -4.79. The highest BCUT2D eigenvalue weighted by molar-refractivity contribution is 6.00. The summed E-state index contributed by atoms with van der Waals surface area (Å²) < 4.78 is 79.6. The highest BCUT2D eigenvalue weighted by Crippen LogP contribution is 2.42. The topological polar surface area (TPSA) is 44.6 Å². The van der Waals surface area contributed by atoms with E-state index in [1.165, 1.54) is 13.0 Å². The maximum absolute atomic E-state index is 13.8. The molecule has 2 N–H and O–H groups in total. The molecular formula is C22H28F6N2O. The van der Waals surface area contributed by atoms with Crippen molar-refractivity contribution in [3.63, 3.8) is 0 Å². The summed E-state index contributed by atoms with van der Waals surface area (Å²) in [4.78, 5) is 3.74. The van der Waals surface area contributed by atoms with Crippen molar-refractivity contribution in [2.45, 2.75) is 64.4 Å². The summed E-state index contributed by atoms with van der Waals surface area (Å²) in [5.41, 5.74) is -3.58. The first kappa shape index (κ1) is 25.4. The Kier molecular flexibility index (Phi) is 8.33. The zero-order valence-electron chi connectivity index (χ0n) is 17.6. The van der Waals surface area contributed by atoms with Gasteiger partial charge < -0.3 is 10.4 Å². The lowest BCUT2D eigenvalue weighted by molar-refractivity contribution is -0.137. The van der Waals surface area contributed by atoms with Crippen LogP contribution in [0, 0.1) is 5.41 Å². The van der Waals surface area contributed by atoms with Crippen LogP contribution in [0.1, 0.15) is 57.1 Å². The van der Waals surface area contributed by atoms with Crippen molar-refractivity contribution in [1.29, 1.82) is 0 Å². The number of aliphatic imine (C=N–C) groups is 1. The lowest BCUT2D eigenvalue weighted by Crippen LogP contribution is -2.51. The Balaban J connectivity index is 2.17. The number of aliphatic hydroxyl groups is 1. The SMILES string of the molecule is CCCCCCNCC(O)C1(C)CC=C(c2ccc(C(F)(F)F)cc2)N=C1C(F)(F)F. The Bertz CT molecular complexity index is 783. The second-order valence-corrected chi connectivity index (χ2v) is 8.02. The van der Waals surface area contributed by atoms with Crippen molar-refractivity contribution >= 4 is 11.4 Å². The van der Waals surface area contributed by atoms with Crippen molar-refractivity contribution in [3.8, 4) is 0 Å². The standard InChI is InChI=1S/C22H28F6N2O/c1-3-4-5-6-13-29-14-18(31)20(2)12-11-17(30-19(20)22(26,27)28)15-7-9-16(10-8-15)21(23,24)25/h7-11,18,29,31H,3-6,12-14H2,1-2H3. The molecule has 0 saturated heterocycles. The van der Waals surface area contributed by atoms with E-state index >= 15 is 0 Å². The van der Waals surface area contributed by atoms with Crippen LogP contribution in [-0.4, -0.2) is 36.2 Å². The molecule has 0 saturated carbocycles. The third-order valence-electron chi connectivity index (χ3n) is 5.55. The summed E-state index contributed by atoms with van der Waals surface area (Å²) >= 11 is 0. The summed E-state index contributed by atoms with van der Waals surface area (Å²) in [6.07, 6.45) is -5.34. The van der Waals surface area contributed by atoms with Crippen LogP contribution in [0.15, 0.2) is 35.3 Å². The Morgan fingerprint density at radius 1 is 1.03 bits per heavy atom. The van der Waals surface area contributed by atoms with Crippen molar-refractivity contribution in [2.24, 2.45) is 10.4 Å². The molecule has 0 bridgehead atoms. The van der Waals surface area contributed by atoms with E-state index in [1.807, 2.05) is 0 Å². The van der Waals surface area contributed by atoms with Crippen LogP contribution in [0.3, 0.4) is 0 Å². The van der Waals surface area contributed by atoms with Crippen LogP contribution in [0.2, 0.25) is 0 Å². The third kappa shape index (κ3) is 6.55. The molecule has 2 unspecified atom stereocenters. The zero-order valence-corrected chi connectivity index (χ0v) is 17.6. The van der Waals surface area contributed by atoms with E-state index in [1.54, 1.807) is 0 Å². The Labute approximate surface area is 178 Å². The van der Waals surface area contributed by atoms with E-state index in [4.69, 9.17) is 0 Å². The molecule has 1 heterocycles. The molecule has 174 valence electrons. The third-order valence-corrected chi connectivity index (χ3v) is 5.55. The van der Waals surface area contributed by atoms with Crippen LogP contribution < -0.4 is 5.32 Å². The normalized spacial score (nSPS) is 20.9. The van der Waals surface area contributed by atoms with Crippen LogP contribution in [0.5, 0.6) is 0 Å². The molecule has 0 amide bonds. The van der Waals surface area contributed by atoms with E-state index < -0.39 is 35.1 Å². The van der Waals surface area contributed by atoms with Crippen LogP contribution >= 0.6 is 0 Å². The number of allylic oxidation sites excluding steroid dienone is 1. The number of hydrogen-bond acceptors (Lipinski definition) is 3. The molecule has 1 aromatic carbocycles. The molecule has 0 spiro atoms. The molecule has 9 heteroatoms. The molecule has 1 aromatic rings. The molecule has 31 heavy (non-hydrogen) atoms. The molecule has 0 fully saturated rings. The van der Waals surface area contributed by atoms with Gasteiger partial charge in [0.25, 0.3) is 0 Å². The van der Waals surface area contributed by atoms with Gasteiger partial charge in [-0.3, -0.25) is 0 Å². The van der Waals surface area contributed by atoms with Crippen molar-refractivity contribution in [2.75, 3.05) is 13.1 Å². The first-order chi connectivity index (χ1) is 14.4. The van der Waals surface area contributed by atoms with Gasteiger partial charge in [0, 0.05) is 12.0 Å². The number of nitrogens with one attached hydrogen (secondary N) is 1. The maximum atomic E-state index is 13.8. The fourth-order valence-electron chi connectivity index (χ4n) is 3.53. The Hall–Kier alpha value is -1.87. The quantitative estimate of drug-likeness (QED) is 0.359. The summed E-state index contributed by atoms with van der Waals surface area (Å²) in [6.45, 7) is 3.97. The number of benzene rings is 1. The highest BCUT2D eigenvalue weighted by atomic mass is 19.4. The second kappa shape index (κ2) is 10.2. The van der Waals surface area contributed by atoms with Gasteiger partial charge in [-0.05, 0) is 37.1 Å². The van der Waals surface area contributed by atoms with Gasteiger partial charge in [0.1, 0.15) is 5.71 Å². The molecule has 0 radical (unpaired) electrons. The Morgan fingerprint density at radius 3 is 2.23 bits per heavy atom. The molecule has 2 atom stereocenters. The summed E-state index contributed by atoms with van der Waals surface area (Å²) in [7, 11) is 0. The molecule has 2 rings (SSSR count). The van der Waals surface area contributed by atoms with Gasteiger partial charge in [-0.15, -0.1) is 0 Å². The Morgan fingerprint density at radius 2 is 1.68 bits per heavy atom. The number of halogens is 6. The number of unbranched alkanes of at least 4 members (excludes halogenated alkanes) is 3. The predicted molar refractivity (Wildman–Crippen MR) is 109 cm³/mol. The fourth-order valence-corrected chi connectivity index (χ4v) is 3.53. The smallest absolute Gasteiger partial charge is 0.391 e. The first-order valence-corrected chi connectivity index (χ1v) is 10.3. The largest absolute Gasteiger partial charge is 0.430 e. The van der Waals surface area contributed by atoms with Crippen LogP contribution in [0.25, 0.3) is 5.70 Å². The molecule has 0 aliphatic carbocycles. The van der Waals surface area contributed by atoms with Crippen molar-refractivity contribution in [1.82, 2.24) is 5.32 Å². The van der Waals surface area contributed by atoms with Gasteiger partial charge in [0.05, 0.1) is 17.4 Å². The summed E-state index contributed by atoms with van der Waals surface area (Å²) in [6, 6.07) is 3.82. The summed E-state index contributed by atoms with van der Waals surface area (Å²) in [5, 5.41) is 13.6. The van der Waals surface area contributed by atoms with E-state index in [0.717, 1.165) is 49.9 Å². The van der Waals surface area contributed by atoms with E-state index in [2.05, 4.69) is 17.2 Å². The van der Waals surface area contributed by atoms with E-state index in [-0.39, 0.29) is 24.2 Å². The van der Waals surface area contributed by atoms with Gasteiger partial charge in [-0.25, -0.2) is 4.99 Å². The summed E-state index contributed by atoms with van der Waals surface area (Å²) in [5.74, 6) is 0. The van der Waals surface area contributed by atoms with Gasteiger partial charge in [-0.2, -0.15) is 26.3 Å². The predicted octanol–water partition coefficient (Wildman–Crippen LogP) is 5.99. The van der Waals surface area contributed by atoms with Gasteiger partial charge in [-0.1, -0.05) is 51.3 Å². The zero-order chi connectivity index (χ0) is 23.3. The van der Waals surface area contributed by atoms with Gasteiger partial charge >= 0.3 is 12.4 Å². The maximum Gasteiger partial charge on any atom is 0.430 e. The number of rotatable bonds is 9. The average molecular weight is 450 g/mol. The van der Waals surface area contributed by atoms with Gasteiger partial charge in [0.2, 0.25) is 0 Å². The number of alkyl halides is 6. The van der Waals surface area contributed by atoms with E-state index in [0.29, 0.717) is 6.54 Å². The fraction of sp³-hybridized carbons (Fsp3) is 0.591. The second-order valence-electron chi connectivity index (χ2n) is 8.02. The first-order valence-electron chi connectivity index (χ1n) is 10.3. The van der Waals surface area contributed by atoms with E-state index in [9.17, 15) is 31.4 Å². The molecular weight excluding hydrogens is 422 g/mol. The van der Waals surface area contributed by atoms with Crippen molar-refractivity contribution in [3.05, 3.63) is 41.5 Å². The number of nitrogens with zero attached hydrogens (tertiary/aromatic N) is 1. The minimum Gasteiger partial charge on any atom is -0.391 e.